The number of carbonyl (C=O) groups excluding carboxylic acids is 2. The van der Waals surface area contributed by atoms with E-state index in [-0.39, 0.29) is 17.7 Å². The fourth-order valence-electron chi connectivity index (χ4n) is 2.67. The maximum atomic E-state index is 12.5. The molecular formula is C17H12N4O3. The van der Waals surface area contributed by atoms with Crippen molar-refractivity contribution < 1.29 is 14.1 Å². The number of imide groups is 1. The first-order valence-corrected chi connectivity index (χ1v) is 7.39. The van der Waals surface area contributed by atoms with E-state index in [1.165, 1.54) is 0 Å². The van der Waals surface area contributed by atoms with E-state index in [1.807, 2.05) is 6.07 Å². The Bertz CT molecular complexity index is 901. The topological polar surface area (TPSA) is 89.2 Å². The zero-order chi connectivity index (χ0) is 16.7. The number of carbonyl (C=O) groups is 2. The van der Waals surface area contributed by atoms with Crippen LogP contribution in [0.15, 0.2) is 53.2 Å². The molecule has 1 unspecified atom stereocenters. The number of nitrogens with zero attached hydrogens (tertiary/aromatic N) is 4. The number of aromatic nitrogens is 3. The van der Waals surface area contributed by atoms with E-state index in [4.69, 9.17) is 4.52 Å². The van der Waals surface area contributed by atoms with E-state index in [1.54, 1.807) is 49.5 Å². The van der Waals surface area contributed by atoms with Crippen molar-refractivity contribution in [2.45, 2.75) is 13.0 Å². The summed E-state index contributed by atoms with van der Waals surface area (Å²) in [4.78, 5) is 34.6. The molecule has 1 aromatic carbocycles. The minimum atomic E-state index is -0.664. The molecule has 0 saturated carbocycles. The van der Waals surface area contributed by atoms with Gasteiger partial charge in [-0.2, -0.15) is 4.98 Å². The molecule has 0 spiro atoms. The summed E-state index contributed by atoms with van der Waals surface area (Å²) in [7, 11) is 0. The number of pyridine rings is 1. The number of hydrogen-bond acceptors (Lipinski definition) is 6. The van der Waals surface area contributed by atoms with Crippen LogP contribution in [0.4, 0.5) is 0 Å². The minimum absolute atomic E-state index is 0.185. The Kier molecular flexibility index (Phi) is 3.19. The van der Waals surface area contributed by atoms with Crippen LogP contribution in [0.1, 0.15) is 39.6 Å². The second kappa shape index (κ2) is 5.38. The van der Waals surface area contributed by atoms with E-state index in [0.717, 1.165) is 4.90 Å². The van der Waals surface area contributed by atoms with Gasteiger partial charge in [0.25, 0.3) is 11.8 Å². The van der Waals surface area contributed by atoms with Crippen LogP contribution in [-0.4, -0.2) is 31.8 Å². The SMILES string of the molecule is CC(c1nc(-c2ccccn2)no1)N1C(=O)c2ccccc2C1=O. The Hall–Kier alpha value is -3.35. The van der Waals surface area contributed by atoms with Crippen LogP contribution in [0.2, 0.25) is 0 Å². The number of fused-ring (bicyclic) bond motifs is 1. The van der Waals surface area contributed by atoms with Crippen molar-refractivity contribution in [2.75, 3.05) is 0 Å². The first kappa shape index (κ1) is 14.3. The molecule has 0 saturated heterocycles. The first-order chi connectivity index (χ1) is 11.7. The highest BCUT2D eigenvalue weighted by Crippen LogP contribution is 2.30. The number of amides is 2. The molecule has 1 aliphatic heterocycles. The van der Waals surface area contributed by atoms with Gasteiger partial charge in [-0.1, -0.05) is 23.4 Å². The van der Waals surface area contributed by atoms with E-state index in [0.29, 0.717) is 22.6 Å². The molecule has 0 bridgehead atoms. The summed E-state index contributed by atoms with van der Waals surface area (Å²) in [5, 5.41) is 3.88. The highest BCUT2D eigenvalue weighted by atomic mass is 16.5. The smallest absolute Gasteiger partial charge is 0.262 e. The summed E-state index contributed by atoms with van der Waals surface area (Å²) in [6.45, 7) is 1.68. The van der Waals surface area contributed by atoms with E-state index in [9.17, 15) is 9.59 Å². The van der Waals surface area contributed by atoms with Crippen molar-refractivity contribution in [1.82, 2.24) is 20.0 Å². The van der Waals surface area contributed by atoms with Crippen molar-refractivity contribution >= 4 is 11.8 Å². The van der Waals surface area contributed by atoms with Crippen LogP contribution >= 0.6 is 0 Å². The first-order valence-electron chi connectivity index (χ1n) is 7.39. The lowest BCUT2D eigenvalue weighted by atomic mass is 10.1. The highest BCUT2D eigenvalue weighted by Gasteiger charge is 2.40. The van der Waals surface area contributed by atoms with Gasteiger partial charge in [-0.15, -0.1) is 0 Å². The summed E-state index contributed by atoms with van der Waals surface area (Å²) in [6, 6.07) is 11.4. The molecule has 118 valence electrons. The van der Waals surface area contributed by atoms with Gasteiger partial charge in [0.15, 0.2) is 0 Å². The maximum absolute atomic E-state index is 12.5. The lowest BCUT2D eigenvalue weighted by molar-refractivity contribution is 0.0568. The fraction of sp³-hybridized carbons (Fsp3) is 0.118. The molecule has 0 fully saturated rings. The molecule has 4 rings (SSSR count). The molecule has 0 radical (unpaired) electrons. The van der Waals surface area contributed by atoms with Crippen LogP contribution < -0.4 is 0 Å². The monoisotopic (exact) mass is 320 g/mol. The second-order valence-electron chi connectivity index (χ2n) is 5.37. The summed E-state index contributed by atoms with van der Waals surface area (Å²) in [5.74, 6) is -0.222. The van der Waals surface area contributed by atoms with Gasteiger partial charge in [0, 0.05) is 6.20 Å². The Morgan fingerprint density at radius 3 is 2.29 bits per heavy atom. The van der Waals surface area contributed by atoms with Gasteiger partial charge >= 0.3 is 0 Å². The van der Waals surface area contributed by atoms with Crippen molar-refractivity contribution in [3.8, 4) is 11.5 Å². The van der Waals surface area contributed by atoms with Crippen LogP contribution in [-0.2, 0) is 0 Å². The average molecular weight is 320 g/mol. The standard InChI is InChI=1S/C17H12N4O3/c1-10(15-19-14(20-24-15)13-8-4-5-9-18-13)21-16(22)11-6-2-3-7-12(11)17(21)23/h2-10H,1H3. The summed E-state index contributed by atoms with van der Waals surface area (Å²) in [5.41, 5.74) is 1.33. The van der Waals surface area contributed by atoms with Crippen LogP contribution in [0.3, 0.4) is 0 Å². The quantitative estimate of drug-likeness (QED) is 0.689. The van der Waals surface area contributed by atoms with Gasteiger partial charge in [0.2, 0.25) is 11.7 Å². The predicted molar refractivity (Wildman–Crippen MR) is 82.9 cm³/mol. The molecule has 7 heteroatoms. The van der Waals surface area contributed by atoms with E-state index < -0.39 is 6.04 Å². The van der Waals surface area contributed by atoms with Gasteiger partial charge < -0.3 is 4.52 Å². The lowest BCUT2D eigenvalue weighted by Crippen LogP contribution is -2.32. The molecule has 2 amide bonds. The molecule has 3 aromatic rings. The number of rotatable bonds is 3. The molecular weight excluding hydrogens is 308 g/mol. The Balaban J connectivity index is 1.66. The van der Waals surface area contributed by atoms with E-state index in [2.05, 4.69) is 15.1 Å². The summed E-state index contributed by atoms with van der Waals surface area (Å²) < 4.78 is 5.24. The largest absolute Gasteiger partial charge is 0.337 e. The maximum Gasteiger partial charge on any atom is 0.262 e. The third-order valence-electron chi connectivity index (χ3n) is 3.91. The Labute approximate surface area is 136 Å². The molecule has 3 heterocycles. The predicted octanol–water partition coefficient (Wildman–Crippen LogP) is 2.49. The Morgan fingerprint density at radius 1 is 1.00 bits per heavy atom. The molecule has 1 atom stereocenters. The van der Waals surface area contributed by atoms with Gasteiger partial charge in [-0.3, -0.25) is 19.5 Å². The second-order valence-corrected chi connectivity index (χ2v) is 5.37. The third kappa shape index (κ3) is 2.10. The minimum Gasteiger partial charge on any atom is -0.337 e. The highest BCUT2D eigenvalue weighted by molar-refractivity contribution is 6.21. The lowest BCUT2D eigenvalue weighted by Gasteiger charge is -2.18. The Morgan fingerprint density at radius 2 is 1.67 bits per heavy atom. The van der Waals surface area contributed by atoms with Crippen LogP contribution in [0, 0.1) is 0 Å². The van der Waals surface area contributed by atoms with Crippen molar-refractivity contribution in [3.63, 3.8) is 0 Å². The molecule has 2 aromatic heterocycles. The van der Waals surface area contributed by atoms with Gasteiger partial charge in [-0.05, 0) is 31.2 Å². The van der Waals surface area contributed by atoms with Crippen molar-refractivity contribution in [2.24, 2.45) is 0 Å². The number of benzene rings is 1. The van der Waals surface area contributed by atoms with E-state index >= 15 is 0 Å². The zero-order valence-corrected chi connectivity index (χ0v) is 12.7. The molecule has 0 N–H and O–H groups in total. The normalized spacial score (nSPS) is 14.8. The van der Waals surface area contributed by atoms with Crippen LogP contribution in [0.25, 0.3) is 11.5 Å². The molecule has 24 heavy (non-hydrogen) atoms. The van der Waals surface area contributed by atoms with Crippen LogP contribution in [0.5, 0.6) is 0 Å². The summed E-state index contributed by atoms with van der Waals surface area (Å²) in [6.07, 6.45) is 1.62. The fourth-order valence-corrected chi connectivity index (χ4v) is 2.67. The van der Waals surface area contributed by atoms with Gasteiger partial charge in [0.1, 0.15) is 11.7 Å². The summed E-state index contributed by atoms with van der Waals surface area (Å²) >= 11 is 0. The number of hydrogen-bond donors (Lipinski definition) is 0. The van der Waals surface area contributed by atoms with Crippen molar-refractivity contribution in [3.05, 3.63) is 65.7 Å². The van der Waals surface area contributed by atoms with Crippen molar-refractivity contribution in [1.29, 1.82) is 0 Å². The third-order valence-corrected chi connectivity index (χ3v) is 3.91. The van der Waals surface area contributed by atoms with Gasteiger partial charge in [-0.25, -0.2) is 0 Å². The molecule has 0 aliphatic carbocycles. The zero-order valence-electron chi connectivity index (χ0n) is 12.7. The molecule has 7 nitrogen and oxygen atoms in total. The molecule has 1 aliphatic rings. The van der Waals surface area contributed by atoms with Gasteiger partial charge in [0.05, 0.1) is 11.1 Å². The average Bonchev–Trinajstić information content (AvgIpc) is 3.20.